The summed E-state index contributed by atoms with van der Waals surface area (Å²) in [6.07, 6.45) is 9.88. The monoisotopic (exact) mass is 495 g/mol. The van der Waals surface area contributed by atoms with Crippen LogP contribution in [0.5, 0.6) is 0 Å². The first kappa shape index (κ1) is 28.0. The molecule has 0 spiro atoms. The highest BCUT2D eigenvalue weighted by atomic mass is 32.2. The molecule has 1 saturated heterocycles. The maximum atomic E-state index is 12.1. The molecule has 1 aromatic rings. The molecule has 34 heavy (non-hydrogen) atoms. The van der Waals surface area contributed by atoms with Crippen LogP contribution >= 0.6 is 11.8 Å². The predicted octanol–water partition coefficient (Wildman–Crippen LogP) is 4.62. The fourth-order valence-corrected chi connectivity index (χ4v) is 4.65. The van der Waals surface area contributed by atoms with Gasteiger partial charge in [0, 0.05) is 29.5 Å². The second-order valence-electron chi connectivity index (χ2n) is 8.57. The number of H-pyrrole nitrogens is 1. The number of nitrogens with one attached hydrogen (secondary N) is 1. The van der Waals surface area contributed by atoms with E-state index in [4.69, 9.17) is 15.0 Å². The van der Waals surface area contributed by atoms with Crippen molar-refractivity contribution in [2.75, 3.05) is 18.1 Å². The number of ether oxygens (including phenoxy) is 2. The first-order valence-corrected chi connectivity index (χ1v) is 13.4. The smallest absolute Gasteiger partial charge is 0.330 e. The molecule has 0 aliphatic carbocycles. The lowest BCUT2D eigenvalue weighted by Gasteiger charge is -2.17. The van der Waals surface area contributed by atoms with Crippen molar-refractivity contribution in [2.24, 2.45) is 5.11 Å². The topological polar surface area (TPSA) is 139 Å². The van der Waals surface area contributed by atoms with Crippen molar-refractivity contribution in [3.05, 3.63) is 43.0 Å². The Bertz CT molecular complexity index is 927. The lowest BCUT2D eigenvalue weighted by atomic mass is 10.1. The van der Waals surface area contributed by atoms with Crippen molar-refractivity contribution in [3.8, 4) is 0 Å². The van der Waals surface area contributed by atoms with Gasteiger partial charge in [-0.25, -0.2) is 4.79 Å². The highest BCUT2D eigenvalue weighted by Gasteiger charge is 2.37. The number of aromatic amines is 1. The minimum atomic E-state index is -0.715. The second kappa shape index (κ2) is 15.6. The van der Waals surface area contributed by atoms with E-state index in [2.05, 4.69) is 21.9 Å². The molecule has 1 aromatic heterocycles. The molecular weight excluding hydrogens is 458 g/mol. The third-order valence-electron chi connectivity index (χ3n) is 5.89. The van der Waals surface area contributed by atoms with Gasteiger partial charge in [0.25, 0.3) is 5.56 Å². The fraction of sp³-hybridized carbons (Fsp3) is 0.783. The average Bonchev–Trinajstić information content (AvgIpc) is 3.21. The molecule has 0 unspecified atom stereocenters. The summed E-state index contributed by atoms with van der Waals surface area (Å²) >= 11 is 2.00. The SMILES string of the molecule is CCSCCCCCCCCCCC(=O)OC[C@H]1O[C@@H](n2cc(C)c(=O)[nH]c2=O)C[C@@H]1N=[N+]=[N-]. The first-order valence-electron chi connectivity index (χ1n) is 12.2. The summed E-state index contributed by atoms with van der Waals surface area (Å²) in [5.74, 6) is 2.15. The van der Waals surface area contributed by atoms with Crippen molar-refractivity contribution in [3.63, 3.8) is 0 Å². The van der Waals surface area contributed by atoms with Crippen LogP contribution in [0.15, 0.2) is 20.9 Å². The van der Waals surface area contributed by atoms with E-state index in [9.17, 15) is 14.4 Å². The number of unbranched alkanes of at least 4 members (excludes halogenated alkanes) is 7. The summed E-state index contributed by atoms with van der Waals surface area (Å²) < 4.78 is 12.5. The second-order valence-corrected chi connectivity index (χ2v) is 9.97. The number of aryl methyl sites for hydroxylation is 1. The van der Waals surface area contributed by atoms with E-state index in [-0.39, 0.29) is 19.0 Å². The molecule has 11 heteroatoms. The van der Waals surface area contributed by atoms with Gasteiger partial charge in [0.1, 0.15) is 18.9 Å². The van der Waals surface area contributed by atoms with E-state index in [0.29, 0.717) is 12.0 Å². The molecule has 10 nitrogen and oxygen atoms in total. The van der Waals surface area contributed by atoms with Crippen LogP contribution in [0, 0.1) is 6.92 Å². The molecule has 2 rings (SSSR count). The van der Waals surface area contributed by atoms with Gasteiger partial charge in [0.2, 0.25) is 0 Å². The van der Waals surface area contributed by atoms with Gasteiger partial charge in [-0.2, -0.15) is 11.8 Å². The van der Waals surface area contributed by atoms with Gasteiger partial charge < -0.3 is 9.47 Å². The van der Waals surface area contributed by atoms with Crippen molar-refractivity contribution in [2.45, 2.75) is 96.4 Å². The number of hydrogen-bond donors (Lipinski definition) is 1. The van der Waals surface area contributed by atoms with Crippen LogP contribution in [-0.2, 0) is 14.3 Å². The van der Waals surface area contributed by atoms with E-state index in [1.165, 1.54) is 54.4 Å². The molecule has 0 aromatic carbocycles. The molecule has 1 fully saturated rings. The predicted molar refractivity (Wildman–Crippen MR) is 133 cm³/mol. The average molecular weight is 496 g/mol. The van der Waals surface area contributed by atoms with E-state index in [0.717, 1.165) is 19.3 Å². The highest BCUT2D eigenvalue weighted by molar-refractivity contribution is 7.99. The van der Waals surface area contributed by atoms with Crippen LogP contribution in [-0.4, -0.2) is 45.8 Å². The minimum Gasteiger partial charge on any atom is -0.463 e. The summed E-state index contributed by atoms with van der Waals surface area (Å²) in [5, 5.41) is 3.74. The van der Waals surface area contributed by atoms with E-state index < -0.39 is 29.6 Å². The Hall–Kier alpha value is -2.23. The van der Waals surface area contributed by atoms with Crippen molar-refractivity contribution >= 4 is 17.7 Å². The van der Waals surface area contributed by atoms with Crippen LogP contribution in [0.25, 0.3) is 10.4 Å². The largest absolute Gasteiger partial charge is 0.463 e. The Balaban J connectivity index is 1.67. The Morgan fingerprint density at radius 3 is 2.59 bits per heavy atom. The normalized spacial score (nSPS) is 19.6. The molecule has 0 saturated carbocycles. The molecule has 3 atom stereocenters. The quantitative estimate of drug-likeness (QED) is 0.117. The summed E-state index contributed by atoms with van der Waals surface area (Å²) in [7, 11) is 0. The molecule has 2 heterocycles. The van der Waals surface area contributed by atoms with Gasteiger partial charge in [-0.15, -0.1) is 0 Å². The van der Waals surface area contributed by atoms with Crippen LogP contribution in [0.4, 0.5) is 0 Å². The van der Waals surface area contributed by atoms with Crippen molar-refractivity contribution in [1.82, 2.24) is 9.55 Å². The molecule has 0 bridgehead atoms. The number of azide groups is 1. The highest BCUT2D eigenvalue weighted by Crippen LogP contribution is 2.30. The maximum Gasteiger partial charge on any atom is 0.330 e. The van der Waals surface area contributed by atoms with Gasteiger partial charge in [0.05, 0.1) is 6.04 Å². The number of thioether (sulfide) groups is 1. The molecular formula is C23H37N5O5S. The van der Waals surface area contributed by atoms with Gasteiger partial charge in [-0.05, 0) is 36.8 Å². The lowest BCUT2D eigenvalue weighted by molar-refractivity contribution is -0.148. The van der Waals surface area contributed by atoms with Crippen molar-refractivity contribution < 1.29 is 14.3 Å². The van der Waals surface area contributed by atoms with Crippen LogP contribution in [0.3, 0.4) is 0 Å². The Morgan fingerprint density at radius 1 is 1.24 bits per heavy atom. The van der Waals surface area contributed by atoms with Gasteiger partial charge in [-0.3, -0.25) is 19.1 Å². The summed E-state index contributed by atoms with van der Waals surface area (Å²) in [6.45, 7) is 3.73. The van der Waals surface area contributed by atoms with Gasteiger partial charge >= 0.3 is 11.7 Å². The summed E-state index contributed by atoms with van der Waals surface area (Å²) in [4.78, 5) is 40.9. The van der Waals surface area contributed by atoms with Crippen LogP contribution in [0.2, 0.25) is 0 Å². The molecule has 0 amide bonds. The minimum absolute atomic E-state index is 0.0492. The maximum absolute atomic E-state index is 12.1. The lowest BCUT2D eigenvalue weighted by Crippen LogP contribution is -2.33. The number of carbonyl (C=O) groups excluding carboxylic acids is 1. The number of rotatable bonds is 16. The molecule has 1 aliphatic heterocycles. The van der Waals surface area contributed by atoms with E-state index in [1.807, 2.05) is 11.8 Å². The Labute approximate surface area is 204 Å². The fourth-order valence-electron chi connectivity index (χ4n) is 3.95. The van der Waals surface area contributed by atoms with Crippen LogP contribution < -0.4 is 11.2 Å². The zero-order chi connectivity index (χ0) is 24.8. The van der Waals surface area contributed by atoms with E-state index >= 15 is 0 Å². The standard InChI is InChI=1S/C23H37N5O5S/c1-3-34-13-11-9-7-5-4-6-8-10-12-21(29)32-16-19-18(26-27-24)14-20(33-19)28-15-17(2)22(30)25-23(28)31/h15,18-20H,3-14,16H2,1-2H3,(H,25,30,31)/t18-,19+,20+/m0/s1. The zero-order valence-electron chi connectivity index (χ0n) is 20.2. The van der Waals surface area contributed by atoms with Crippen LogP contribution in [0.1, 0.15) is 82.9 Å². The summed E-state index contributed by atoms with van der Waals surface area (Å²) in [5.41, 5.74) is 8.16. The van der Waals surface area contributed by atoms with Crippen molar-refractivity contribution in [1.29, 1.82) is 0 Å². The molecule has 1 N–H and O–H groups in total. The number of nitrogens with zero attached hydrogens (tertiary/aromatic N) is 4. The first-order chi connectivity index (χ1) is 16.5. The summed E-state index contributed by atoms with van der Waals surface area (Å²) in [6, 6.07) is -0.581. The number of esters is 1. The van der Waals surface area contributed by atoms with Gasteiger partial charge in [0.15, 0.2) is 0 Å². The molecule has 1 aliphatic rings. The Kier molecular flexibility index (Phi) is 12.9. The molecule has 0 radical (unpaired) electrons. The molecule has 190 valence electrons. The third-order valence-corrected chi connectivity index (χ3v) is 6.88. The number of aromatic nitrogens is 2. The Morgan fingerprint density at radius 2 is 1.91 bits per heavy atom. The zero-order valence-corrected chi connectivity index (χ0v) is 21.1. The van der Waals surface area contributed by atoms with Gasteiger partial charge in [-0.1, -0.05) is 50.6 Å². The van der Waals surface area contributed by atoms with E-state index in [1.54, 1.807) is 6.92 Å². The third kappa shape index (κ3) is 9.56. The number of hydrogen-bond acceptors (Lipinski definition) is 7. The number of carbonyl (C=O) groups is 1.